The average molecular weight is 417 g/mol. The molecule has 1 aromatic carbocycles. The fourth-order valence-corrected chi connectivity index (χ4v) is 3.54. The SMILES string of the molecule is CCc1cn(CC(=O)N2CC(Oc3ccc4c(c3C(=O)O)O[B-](O)(O)CC4)C2)nn1. The monoisotopic (exact) mass is 417 g/mol. The standard InChI is InChI=1S/C18H22BN4O7/c1-2-12-7-23(21-20-12)10-15(24)22-8-13(9-22)29-14-4-3-11-5-6-19(27,28)30-17(11)16(14)18(25)26/h3-4,7,13,27-28H,2,5-6,8-10H2,1H3,(H,25,26)/q-1. The van der Waals surface area contributed by atoms with Gasteiger partial charge in [0.1, 0.15) is 24.0 Å². The Balaban J connectivity index is 1.41. The molecule has 1 saturated heterocycles. The smallest absolute Gasteiger partial charge is 0.430 e. The zero-order chi connectivity index (χ0) is 21.5. The van der Waals surface area contributed by atoms with E-state index in [-0.39, 0.29) is 48.4 Å². The molecule has 0 spiro atoms. The number of aromatic nitrogens is 3. The number of hydrogen-bond donors (Lipinski definition) is 3. The van der Waals surface area contributed by atoms with Crippen LogP contribution in [0.15, 0.2) is 18.3 Å². The highest BCUT2D eigenvalue weighted by Crippen LogP contribution is 2.38. The van der Waals surface area contributed by atoms with Gasteiger partial charge in [0.15, 0.2) is 0 Å². The summed E-state index contributed by atoms with van der Waals surface area (Å²) in [5.74, 6) is -1.44. The zero-order valence-electron chi connectivity index (χ0n) is 16.4. The predicted octanol–water partition coefficient (Wildman–Crippen LogP) is -0.313. The van der Waals surface area contributed by atoms with E-state index in [0.29, 0.717) is 18.7 Å². The van der Waals surface area contributed by atoms with E-state index in [1.165, 1.54) is 10.7 Å². The van der Waals surface area contributed by atoms with Crippen molar-refractivity contribution in [3.8, 4) is 11.5 Å². The van der Waals surface area contributed by atoms with Crippen LogP contribution in [0.2, 0.25) is 6.32 Å². The summed E-state index contributed by atoms with van der Waals surface area (Å²) >= 11 is 0. The van der Waals surface area contributed by atoms with E-state index < -0.39 is 12.7 Å². The van der Waals surface area contributed by atoms with Crippen molar-refractivity contribution in [2.24, 2.45) is 0 Å². The molecule has 2 aliphatic rings. The van der Waals surface area contributed by atoms with Crippen molar-refractivity contribution >= 4 is 18.6 Å². The van der Waals surface area contributed by atoms with Crippen LogP contribution in [0.4, 0.5) is 0 Å². The van der Waals surface area contributed by atoms with Crippen LogP contribution in [0.3, 0.4) is 0 Å². The van der Waals surface area contributed by atoms with Gasteiger partial charge in [-0.15, -0.1) is 5.10 Å². The summed E-state index contributed by atoms with van der Waals surface area (Å²) in [5.41, 5.74) is 1.13. The van der Waals surface area contributed by atoms with Gasteiger partial charge in [0.05, 0.1) is 24.5 Å². The lowest BCUT2D eigenvalue weighted by atomic mass is 9.70. The molecule has 12 heteroatoms. The second-order valence-corrected chi connectivity index (χ2v) is 7.55. The summed E-state index contributed by atoms with van der Waals surface area (Å²) < 4.78 is 12.4. The molecule has 0 aliphatic carbocycles. The third kappa shape index (κ3) is 3.96. The number of aryl methyl sites for hydroxylation is 2. The van der Waals surface area contributed by atoms with Crippen LogP contribution in [0.5, 0.6) is 11.5 Å². The minimum absolute atomic E-state index is 0.00250. The minimum Gasteiger partial charge on any atom is -0.669 e. The minimum atomic E-state index is -3.10. The number of carboxylic acids is 1. The first-order valence-corrected chi connectivity index (χ1v) is 9.77. The summed E-state index contributed by atoms with van der Waals surface area (Å²) in [4.78, 5) is 25.7. The Hall–Kier alpha value is -3.12. The lowest BCUT2D eigenvalue weighted by Gasteiger charge is -2.40. The number of nitrogens with zero attached hydrogens (tertiary/aromatic N) is 4. The number of carbonyl (C=O) groups excluding carboxylic acids is 1. The first kappa shape index (κ1) is 20.2. The molecule has 160 valence electrons. The number of aromatic carboxylic acids is 1. The molecular weight excluding hydrogens is 395 g/mol. The molecule has 1 aromatic heterocycles. The van der Waals surface area contributed by atoms with Crippen LogP contribution in [-0.2, 0) is 24.2 Å². The normalized spacial score (nSPS) is 17.6. The number of amides is 1. The van der Waals surface area contributed by atoms with E-state index in [0.717, 1.165) is 12.1 Å². The summed E-state index contributed by atoms with van der Waals surface area (Å²) in [6.45, 7) is -0.465. The molecular formula is C18H22BN4O7-. The van der Waals surface area contributed by atoms with Crippen molar-refractivity contribution in [3.63, 3.8) is 0 Å². The molecule has 0 radical (unpaired) electrons. The van der Waals surface area contributed by atoms with E-state index in [1.54, 1.807) is 17.2 Å². The molecule has 2 aliphatic heterocycles. The summed E-state index contributed by atoms with van der Waals surface area (Å²) in [7, 11) is 0. The number of likely N-dealkylation sites (tertiary alicyclic amines) is 1. The van der Waals surface area contributed by atoms with E-state index in [2.05, 4.69) is 10.3 Å². The first-order valence-electron chi connectivity index (χ1n) is 9.77. The van der Waals surface area contributed by atoms with Gasteiger partial charge >= 0.3 is 12.7 Å². The molecule has 0 bridgehead atoms. The second-order valence-electron chi connectivity index (χ2n) is 7.55. The number of carboxylic acid groups (broad SMARTS) is 1. The lowest BCUT2D eigenvalue weighted by molar-refractivity contribution is -0.140. The molecule has 4 rings (SSSR count). The summed E-state index contributed by atoms with van der Waals surface area (Å²) in [6, 6.07) is 3.19. The summed E-state index contributed by atoms with van der Waals surface area (Å²) in [5, 5.41) is 37.1. The molecule has 1 fully saturated rings. The highest BCUT2D eigenvalue weighted by molar-refractivity contribution is 6.59. The highest BCUT2D eigenvalue weighted by Gasteiger charge is 2.36. The van der Waals surface area contributed by atoms with Crippen LogP contribution in [0.1, 0.15) is 28.5 Å². The molecule has 0 atom stereocenters. The van der Waals surface area contributed by atoms with E-state index in [1.807, 2.05) is 6.92 Å². The van der Waals surface area contributed by atoms with Gasteiger partial charge in [0.25, 0.3) is 0 Å². The molecule has 0 saturated carbocycles. The zero-order valence-corrected chi connectivity index (χ0v) is 16.4. The Bertz CT molecular complexity index is 987. The van der Waals surface area contributed by atoms with Gasteiger partial charge in [-0.1, -0.05) is 24.5 Å². The van der Waals surface area contributed by atoms with Gasteiger partial charge < -0.3 is 29.4 Å². The molecule has 3 heterocycles. The fraction of sp³-hybridized carbons (Fsp3) is 0.444. The Labute approximate surface area is 171 Å². The number of ether oxygens (including phenoxy) is 1. The van der Waals surface area contributed by atoms with E-state index in [4.69, 9.17) is 9.39 Å². The Morgan fingerprint density at radius 1 is 1.33 bits per heavy atom. The van der Waals surface area contributed by atoms with Crippen LogP contribution in [-0.4, -0.2) is 72.9 Å². The van der Waals surface area contributed by atoms with Crippen molar-refractivity contribution in [1.82, 2.24) is 19.9 Å². The number of hydrogen-bond acceptors (Lipinski definition) is 8. The lowest BCUT2D eigenvalue weighted by Crippen LogP contribution is -2.57. The van der Waals surface area contributed by atoms with Crippen LogP contribution < -0.4 is 9.39 Å². The maximum absolute atomic E-state index is 12.3. The van der Waals surface area contributed by atoms with Crippen molar-refractivity contribution in [2.45, 2.75) is 38.7 Å². The van der Waals surface area contributed by atoms with Gasteiger partial charge in [0, 0.05) is 6.20 Å². The highest BCUT2D eigenvalue weighted by atomic mass is 16.6. The maximum Gasteiger partial charge on any atom is 0.430 e. The Morgan fingerprint density at radius 3 is 2.77 bits per heavy atom. The van der Waals surface area contributed by atoms with Crippen LogP contribution >= 0.6 is 0 Å². The van der Waals surface area contributed by atoms with E-state index in [9.17, 15) is 24.7 Å². The number of benzene rings is 1. The van der Waals surface area contributed by atoms with Crippen LogP contribution in [0, 0.1) is 0 Å². The third-order valence-corrected chi connectivity index (χ3v) is 5.25. The quantitative estimate of drug-likeness (QED) is 0.538. The van der Waals surface area contributed by atoms with Crippen molar-refractivity contribution < 1.29 is 34.1 Å². The predicted molar refractivity (Wildman–Crippen MR) is 103 cm³/mol. The topological polar surface area (TPSA) is 147 Å². The van der Waals surface area contributed by atoms with E-state index >= 15 is 0 Å². The van der Waals surface area contributed by atoms with Crippen molar-refractivity contribution in [3.05, 3.63) is 35.2 Å². The molecule has 30 heavy (non-hydrogen) atoms. The average Bonchev–Trinajstić information content (AvgIpc) is 3.10. The molecule has 0 unspecified atom stereocenters. The van der Waals surface area contributed by atoms with Gasteiger partial charge in [-0.25, -0.2) is 9.48 Å². The summed E-state index contributed by atoms with van der Waals surface area (Å²) in [6.07, 6.45) is 2.36. The number of carbonyl (C=O) groups is 2. The van der Waals surface area contributed by atoms with Crippen molar-refractivity contribution in [2.75, 3.05) is 13.1 Å². The fourth-order valence-electron chi connectivity index (χ4n) is 3.54. The number of fused-ring (bicyclic) bond motifs is 1. The van der Waals surface area contributed by atoms with Gasteiger partial charge in [-0.3, -0.25) is 4.79 Å². The number of rotatable bonds is 6. The van der Waals surface area contributed by atoms with Crippen molar-refractivity contribution in [1.29, 1.82) is 0 Å². The molecule has 11 nitrogen and oxygen atoms in total. The van der Waals surface area contributed by atoms with Gasteiger partial charge in [-0.2, -0.15) is 0 Å². The first-order chi connectivity index (χ1) is 14.3. The van der Waals surface area contributed by atoms with Gasteiger partial charge in [0.2, 0.25) is 5.91 Å². The maximum atomic E-state index is 12.3. The second kappa shape index (κ2) is 7.61. The van der Waals surface area contributed by atoms with Gasteiger partial charge in [-0.05, 0) is 24.5 Å². The van der Waals surface area contributed by atoms with Crippen LogP contribution in [0.25, 0.3) is 0 Å². The molecule has 2 aromatic rings. The third-order valence-electron chi connectivity index (χ3n) is 5.25. The largest absolute Gasteiger partial charge is 0.669 e. The Kier molecular flexibility index (Phi) is 5.12. The molecule has 3 N–H and O–H groups in total. The Morgan fingerprint density at radius 2 is 2.10 bits per heavy atom. The molecule has 1 amide bonds.